The predicted octanol–water partition coefficient (Wildman–Crippen LogP) is 3.80. The summed E-state index contributed by atoms with van der Waals surface area (Å²) in [5.74, 6) is 0.759. The smallest absolute Gasteiger partial charge is 0.387 e. The summed E-state index contributed by atoms with van der Waals surface area (Å²) in [5.41, 5.74) is 6.11. The minimum absolute atomic E-state index is 0.0130. The molecule has 0 aromatic heterocycles. The molecule has 2 rings (SSSR count). The third kappa shape index (κ3) is 4.88. The Kier molecular flexibility index (Phi) is 6.08. The average Bonchev–Trinajstić information content (AvgIpc) is 2.37. The molecule has 22 heavy (non-hydrogen) atoms. The molecule has 1 aliphatic carbocycles. The maximum Gasteiger partial charge on any atom is 0.387 e. The van der Waals surface area contributed by atoms with E-state index in [1.54, 1.807) is 0 Å². The molecule has 1 fully saturated rings. The van der Waals surface area contributed by atoms with Gasteiger partial charge in [-0.2, -0.15) is 8.78 Å². The number of aliphatic imine (C=N–C) groups is 1. The summed E-state index contributed by atoms with van der Waals surface area (Å²) in [6.45, 7) is -2.16. The highest BCUT2D eigenvalue weighted by molar-refractivity contribution is 6.35. The first-order valence-corrected chi connectivity index (χ1v) is 7.68. The first-order valence-electron chi connectivity index (χ1n) is 6.92. The van der Waals surface area contributed by atoms with Crippen LogP contribution in [-0.4, -0.2) is 19.1 Å². The van der Waals surface area contributed by atoms with Gasteiger partial charge in [0.1, 0.15) is 5.75 Å². The van der Waals surface area contributed by atoms with Crippen LogP contribution in [-0.2, 0) is 6.54 Å². The Hall–Kier alpha value is -1.27. The van der Waals surface area contributed by atoms with Crippen molar-refractivity contribution in [1.29, 1.82) is 0 Å². The highest BCUT2D eigenvalue weighted by Gasteiger charge is 2.17. The number of rotatable bonds is 6. The second-order valence-electron chi connectivity index (χ2n) is 5.13. The van der Waals surface area contributed by atoms with Gasteiger partial charge in [-0.15, -0.1) is 0 Å². The zero-order valence-corrected chi connectivity index (χ0v) is 13.3. The number of nitrogens with one attached hydrogen (secondary N) is 1. The zero-order valence-electron chi connectivity index (χ0n) is 11.8. The lowest BCUT2D eigenvalue weighted by Crippen LogP contribution is -2.37. The minimum atomic E-state index is -2.98. The molecule has 0 amide bonds. The molecule has 3 N–H and O–H groups in total. The van der Waals surface area contributed by atoms with Gasteiger partial charge in [-0.05, 0) is 30.9 Å². The van der Waals surface area contributed by atoms with Crippen molar-refractivity contribution in [2.24, 2.45) is 16.6 Å². The fourth-order valence-corrected chi connectivity index (χ4v) is 2.70. The molecule has 0 spiro atoms. The van der Waals surface area contributed by atoms with E-state index >= 15 is 0 Å². The van der Waals surface area contributed by atoms with Crippen LogP contribution in [0.3, 0.4) is 0 Å². The van der Waals surface area contributed by atoms with Crippen molar-refractivity contribution in [3.05, 3.63) is 27.7 Å². The van der Waals surface area contributed by atoms with E-state index in [2.05, 4.69) is 15.0 Å². The fourth-order valence-electron chi connectivity index (χ4n) is 2.12. The van der Waals surface area contributed by atoms with Crippen LogP contribution in [0, 0.1) is 5.92 Å². The van der Waals surface area contributed by atoms with Gasteiger partial charge in [0.15, 0.2) is 5.96 Å². The van der Waals surface area contributed by atoms with Gasteiger partial charge in [0, 0.05) is 17.1 Å². The lowest BCUT2D eigenvalue weighted by Gasteiger charge is -2.25. The van der Waals surface area contributed by atoms with Crippen LogP contribution in [0.15, 0.2) is 17.1 Å². The van der Waals surface area contributed by atoms with Crippen molar-refractivity contribution in [2.45, 2.75) is 32.4 Å². The number of hydrogen-bond acceptors (Lipinski definition) is 2. The lowest BCUT2D eigenvalue weighted by molar-refractivity contribution is -0.0503. The Morgan fingerprint density at radius 3 is 2.73 bits per heavy atom. The number of nitrogens with zero attached hydrogens (tertiary/aromatic N) is 1. The van der Waals surface area contributed by atoms with Gasteiger partial charge in [0.05, 0.1) is 11.6 Å². The number of benzene rings is 1. The maximum absolute atomic E-state index is 12.4. The Labute approximate surface area is 137 Å². The number of alkyl halides is 2. The number of nitrogens with two attached hydrogens (primary N) is 1. The third-order valence-electron chi connectivity index (χ3n) is 3.51. The maximum atomic E-state index is 12.4. The molecule has 1 saturated carbocycles. The van der Waals surface area contributed by atoms with Crippen LogP contribution in [0.2, 0.25) is 10.0 Å². The number of ether oxygens (including phenoxy) is 1. The van der Waals surface area contributed by atoms with Crippen LogP contribution >= 0.6 is 23.2 Å². The second-order valence-corrected chi connectivity index (χ2v) is 5.98. The molecule has 1 aliphatic rings. The van der Waals surface area contributed by atoms with Crippen molar-refractivity contribution in [3.63, 3.8) is 0 Å². The Bertz CT molecular complexity index is 551. The summed E-state index contributed by atoms with van der Waals surface area (Å²) in [6, 6.07) is 2.82. The van der Waals surface area contributed by atoms with Gasteiger partial charge in [-0.25, -0.2) is 4.99 Å². The minimum Gasteiger partial charge on any atom is -0.433 e. The molecule has 0 bridgehead atoms. The van der Waals surface area contributed by atoms with Crippen LogP contribution in [0.5, 0.6) is 5.75 Å². The molecule has 8 heteroatoms. The van der Waals surface area contributed by atoms with E-state index < -0.39 is 6.61 Å². The van der Waals surface area contributed by atoms with Gasteiger partial charge in [-0.1, -0.05) is 29.6 Å². The summed E-state index contributed by atoms with van der Waals surface area (Å²) < 4.78 is 29.3. The molecular formula is C14H17Cl2F2N3O. The molecule has 0 unspecified atom stereocenters. The molecule has 4 nitrogen and oxygen atoms in total. The molecule has 0 heterocycles. The standard InChI is InChI=1S/C14H17Cl2F2N3O/c15-10-4-9(12(11(16)5-10)22-13(17)18)7-21-14(19)20-6-8-2-1-3-8/h4-5,8,13H,1-3,6-7H2,(H3,19,20,21). The summed E-state index contributed by atoms with van der Waals surface area (Å²) >= 11 is 11.8. The molecule has 0 aliphatic heterocycles. The molecule has 122 valence electrons. The van der Waals surface area contributed by atoms with Crippen LogP contribution in [0.1, 0.15) is 24.8 Å². The number of guanidine groups is 1. The summed E-state index contributed by atoms with van der Waals surface area (Å²) in [6.07, 6.45) is 3.63. The predicted molar refractivity (Wildman–Crippen MR) is 83.8 cm³/mol. The Morgan fingerprint density at radius 2 is 2.14 bits per heavy atom. The van der Waals surface area contributed by atoms with E-state index in [4.69, 9.17) is 28.9 Å². The van der Waals surface area contributed by atoms with Crippen molar-refractivity contribution >= 4 is 29.2 Å². The SMILES string of the molecule is NC(=NCc1cc(Cl)cc(Cl)c1OC(F)F)NCC1CCC1. The van der Waals surface area contributed by atoms with Crippen LogP contribution in [0.4, 0.5) is 8.78 Å². The molecule has 0 atom stereocenters. The van der Waals surface area contributed by atoms with Crippen molar-refractivity contribution < 1.29 is 13.5 Å². The van der Waals surface area contributed by atoms with Crippen molar-refractivity contribution in [1.82, 2.24) is 5.32 Å². The summed E-state index contributed by atoms with van der Waals surface area (Å²) in [7, 11) is 0. The van der Waals surface area contributed by atoms with Crippen LogP contribution in [0.25, 0.3) is 0 Å². The zero-order chi connectivity index (χ0) is 16.1. The topological polar surface area (TPSA) is 59.6 Å². The Morgan fingerprint density at radius 1 is 1.41 bits per heavy atom. The highest BCUT2D eigenvalue weighted by Crippen LogP contribution is 2.34. The molecule has 0 saturated heterocycles. The van der Waals surface area contributed by atoms with Gasteiger partial charge in [-0.3, -0.25) is 0 Å². The van der Waals surface area contributed by atoms with Crippen LogP contribution < -0.4 is 15.8 Å². The lowest BCUT2D eigenvalue weighted by atomic mass is 9.85. The first-order chi connectivity index (χ1) is 10.5. The molecule has 1 aromatic rings. The van der Waals surface area contributed by atoms with E-state index in [0.29, 0.717) is 16.5 Å². The highest BCUT2D eigenvalue weighted by atomic mass is 35.5. The van der Waals surface area contributed by atoms with Crippen molar-refractivity contribution in [3.8, 4) is 5.75 Å². The monoisotopic (exact) mass is 351 g/mol. The van der Waals surface area contributed by atoms with Gasteiger partial charge >= 0.3 is 6.61 Å². The van der Waals surface area contributed by atoms with E-state index in [1.165, 1.54) is 31.4 Å². The summed E-state index contributed by atoms with van der Waals surface area (Å²) in [4.78, 5) is 4.12. The van der Waals surface area contributed by atoms with E-state index in [9.17, 15) is 8.78 Å². The quantitative estimate of drug-likeness (QED) is 0.605. The second kappa shape index (κ2) is 7.83. The largest absolute Gasteiger partial charge is 0.433 e. The van der Waals surface area contributed by atoms with Gasteiger partial charge < -0.3 is 15.8 Å². The molecular weight excluding hydrogens is 335 g/mol. The normalized spacial score (nSPS) is 15.8. The van der Waals surface area contributed by atoms with Gasteiger partial charge in [0.2, 0.25) is 0 Å². The molecule has 1 aromatic carbocycles. The van der Waals surface area contributed by atoms with E-state index in [-0.39, 0.29) is 23.3 Å². The van der Waals surface area contributed by atoms with Gasteiger partial charge in [0.25, 0.3) is 0 Å². The van der Waals surface area contributed by atoms with Crippen molar-refractivity contribution in [2.75, 3.05) is 6.54 Å². The third-order valence-corrected chi connectivity index (χ3v) is 4.01. The molecule has 0 radical (unpaired) electrons. The fraction of sp³-hybridized carbons (Fsp3) is 0.500. The number of hydrogen-bond donors (Lipinski definition) is 2. The van der Waals surface area contributed by atoms with E-state index in [0.717, 1.165) is 6.54 Å². The Balaban J connectivity index is 2.03. The first kappa shape index (κ1) is 17.1. The average molecular weight is 352 g/mol. The number of halogens is 4. The van der Waals surface area contributed by atoms with E-state index in [1.807, 2.05) is 0 Å². The summed E-state index contributed by atoms with van der Waals surface area (Å²) in [5, 5.41) is 3.35.